The second kappa shape index (κ2) is 7.49. The van der Waals surface area contributed by atoms with Crippen LogP contribution in [0.25, 0.3) is 0 Å². The topological polar surface area (TPSA) is 19.7 Å². The molecular weight excluding hydrogens is 184 g/mol. The molecule has 0 saturated heterocycles. The fourth-order valence-corrected chi connectivity index (χ4v) is 2.11. The van der Waals surface area contributed by atoms with Crippen molar-refractivity contribution in [1.82, 2.24) is 4.98 Å². The summed E-state index contributed by atoms with van der Waals surface area (Å²) in [5, 5.41) is 0. The van der Waals surface area contributed by atoms with Crippen LogP contribution in [0.15, 0.2) is 18.7 Å². The molecule has 0 bridgehead atoms. The Balaban J connectivity index is 2.31. The zero-order chi connectivity index (χ0) is 10.9. The van der Waals surface area contributed by atoms with Crippen LogP contribution in [0.3, 0.4) is 0 Å². The van der Waals surface area contributed by atoms with Crippen LogP contribution >= 0.6 is 0 Å². The minimum Gasteiger partial charge on any atom is -0.250 e. The predicted octanol–water partition coefficient (Wildman–Crippen LogP) is 3.61. The zero-order valence-electron chi connectivity index (χ0n) is 10.2. The van der Waals surface area contributed by atoms with Gasteiger partial charge in [-0.1, -0.05) is 39.5 Å². The van der Waals surface area contributed by atoms with Crippen molar-refractivity contribution in [3.05, 3.63) is 18.7 Å². The molecule has 1 heterocycles. The van der Waals surface area contributed by atoms with Crippen LogP contribution in [0.5, 0.6) is 0 Å². The van der Waals surface area contributed by atoms with Crippen molar-refractivity contribution in [2.45, 2.75) is 64.8 Å². The van der Waals surface area contributed by atoms with Gasteiger partial charge in [0.15, 0.2) is 0 Å². The molecule has 0 radical (unpaired) electrons. The van der Waals surface area contributed by atoms with Gasteiger partial charge in [-0.25, -0.2) is 4.57 Å². The Bertz CT molecular complexity index is 229. The third-order valence-corrected chi connectivity index (χ3v) is 3.00. The molecule has 15 heavy (non-hydrogen) atoms. The van der Waals surface area contributed by atoms with Crippen LogP contribution in [-0.4, -0.2) is 4.98 Å². The highest BCUT2D eigenvalue weighted by atomic mass is 15.0. The van der Waals surface area contributed by atoms with Gasteiger partial charge in [0.25, 0.3) is 0 Å². The lowest BCUT2D eigenvalue weighted by Crippen LogP contribution is -2.36. The van der Waals surface area contributed by atoms with E-state index in [4.69, 9.17) is 0 Å². The van der Waals surface area contributed by atoms with E-state index < -0.39 is 0 Å². The highest BCUT2D eigenvalue weighted by Crippen LogP contribution is 2.15. The van der Waals surface area contributed by atoms with Gasteiger partial charge in [-0.15, -0.1) is 0 Å². The molecule has 1 unspecified atom stereocenters. The van der Waals surface area contributed by atoms with E-state index in [1.807, 2.05) is 6.20 Å². The highest BCUT2D eigenvalue weighted by Gasteiger charge is 2.13. The zero-order valence-corrected chi connectivity index (χ0v) is 10.2. The maximum absolute atomic E-state index is 3.13. The van der Waals surface area contributed by atoms with Gasteiger partial charge in [0.05, 0.1) is 0 Å². The van der Waals surface area contributed by atoms with Crippen molar-refractivity contribution in [2.24, 2.45) is 0 Å². The molecule has 0 aliphatic rings. The number of hydrogen-bond acceptors (Lipinski definition) is 0. The van der Waals surface area contributed by atoms with Gasteiger partial charge in [0.1, 0.15) is 18.4 Å². The lowest BCUT2D eigenvalue weighted by Gasteiger charge is -2.12. The molecule has 1 N–H and O–H groups in total. The molecule has 0 aromatic carbocycles. The Morgan fingerprint density at radius 1 is 1.07 bits per heavy atom. The van der Waals surface area contributed by atoms with E-state index in [1.54, 1.807) is 0 Å². The predicted molar refractivity (Wildman–Crippen MR) is 63.7 cm³/mol. The van der Waals surface area contributed by atoms with Gasteiger partial charge in [0, 0.05) is 0 Å². The monoisotopic (exact) mass is 209 g/mol. The number of hydrogen-bond donors (Lipinski definition) is 1. The fourth-order valence-electron chi connectivity index (χ4n) is 2.11. The molecule has 1 aromatic rings. The Morgan fingerprint density at radius 2 is 1.93 bits per heavy atom. The summed E-state index contributed by atoms with van der Waals surface area (Å²) < 4.78 is 2.33. The van der Waals surface area contributed by atoms with Gasteiger partial charge < -0.3 is 0 Å². The Hall–Kier alpha value is -0.790. The van der Waals surface area contributed by atoms with Crippen molar-refractivity contribution < 1.29 is 4.57 Å². The standard InChI is InChI=1S/C13H24N2/c1-3-5-6-7-9-13(8-4-2)15-11-10-14-12-15/h10-13H,3-9H2,1-2H3/p+1. The molecule has 1 aromatic heterocycles. The molecule has 0 aliphatic carbocycles. The highest BCUT2D eigenvalue weighted by molar-refractivity contribution is 4.60. The smallest absolute Gasteiger partial charge is 0.241 e. The first-order valence-electron chi connectivity index (χ1n) is 6.42. The first-order valence-corrected chi connectivity index (χ1v) is 6.42. The molecule has 1 atom stereocenters. The molecule has 0 spiro atoms. The molecular formula is C13H25N2+. The molecule has 0 amide bonds. The molecule has 0 fully saturated rings. The van der Waals surface area contributed by atoms with Crippen LogP contribution in [0.1, 0.15) is 64.8 Å². The van der Waals surface area contributed by atoms with E-state index in [0.717, 1.165) is 0 Å². The Labute approximate surface area is 93.7 Å². The van der Waals surface area contributed by atoms with Crippen LogP contribution in [-0.2, 0) is 0 Å². The normalized spacial score (nSPS) is 12.9. The molecule has 1 rings (SSSR count). The SMILES string of the molecule is CCCCCCC(CCC)[n+]1cc[nH]c1. The maximum atomic E-state index is 3.13. The van der Waals surface area contributed by atoms with E-state index in [1.165, 1.54) is 44.9 Å². The van der Waals surface area contributed by atoms with Gasteiger partial charge >= 0.3 is 0 Å². The maximum Gasteiger partial charge on any atom is 0.241 e. The summed E-state index contributed by atoms with van der Waals surface area (Å²) in [5.41, 5.74) is 0. The third-order valence-electron chi connectivity index (χ3n) is 3.00. The fraction of sp³-hybridized carbons (Fsp3) is 0.769. The summed E-state index contributed by atoms with van der Waals surface area (Å²) in [6, 6.07) is 0.707. The van der Waals surface area contributed by atoms with Crippen LogP contribution in [0.2, 0.25) is 0 Å². The molecule has 2 nitrogen and oxygen atoms in total. The number of aromatic nitrogens is 2. The van der Waals surface area contributed by atoms with Crippen molar-refractivity contribution in [3.8, 4) is 0 Å². The quantitative estimate of drug-likeness (QED) is 0.498. The second-order valence-electron chi connectivity index (χ2n) is 4.35. The van der Waals surface area contributed by atoms with E-state index in [-0.39, 0.29) is 0 Å². The molecule has 0 saturated carbocycles. The van der Waals surface area contributed by atoms with Crippen molar-refractivity contribution >= 4 is 0 Å². The number of rotatable bonds is 8. The number of aromatic amines is 1. The third kappa shape index (κ3) is 4.50. The van der Waals surface area contributed by atoms with Crippen LogP contribution in [0, 0.1) is 0 Å². The molecule has 86 valence electrons. The second-order valence-corrected chi connectivity index (χ2v) is 4.35. The van der Waals surface area contributed by atoms with Gasteiger partial charge in [0.2, 0.25) is 6.33 Å². The summed E-state index contributed by atoms with van der Waals surface area (Å²) in [6.07, 6.45) is 15.6. The van der Waals surface area contributed by atoms with Gasteiger partial charge in [-0.3, -0.25) is 4.98 Å². The first-order chi connectivity index (χ1) is 7.38. The van der Waals surface area contributed by atoms with Gasteiger partial charge in [-0.2, -0.15) is 0 Å². The average Bonchev–Trinajstić information content (AvgIpc) is 2.76. The minimum absolute atomic E-state index is 0.707. The number of nitrogens with zero attached hydrogens (tertiary/aromatic N) is 1. The summed E-state index contributed by atoms with van der Waals surface area (Å²) in [6.45, 7) is 4.54. The minimum atomic E-state index is 0.707. The van der Waals surface area contributed by atoms with Crippen LogP contribution < -0.4 is 4.57 Å². The summed E-state index contributed by atoms with van der Waals surface area (Å²) in [4.78, 5) is 3.13. The number of imidazole rings is 1. The summed E-state index contributed by atoms with van der Waals surface area (Å²) in [7, 11) is 0. The number of H-pyrrole nitrogens is 1. The summed E-state index contributed by atoms with van der Waals surface area (Å²) in [5.74, 6) is 0. The lowest BCUT2D eigenvalue weighted by molar-refractivity contribution is -0.723. The van der Waals surface area contributed by atoms with E-state index in [2.05, 4.69) is 35.9 Å². The van der Waals surface area contributed by atoms with Crippen LogP contribution in [0.4, 0.5) is 0 Å². The first kappa shape index (κ1) is 12.3. The Kier molecular flexibility index (Phi) is 6.14. The lowest BCUT2D eigenvalue weighted by atomic mass is 10.0. The average molecular weight is 209 g/mol. The Morgan fingerprint density at radius 3 is 2.53 bits per heavy atom. The number of unbranched alkanes of at least 4 members (excludes halogenated alkanes) is 3. The van der Waals surface area contributed by atoms with E-state index in [0.29, 0.717) is 6.04 Å². The van der Waals surface area contributed by atoms with Crippen molar-refractivity contribution in [2.75, 3.05) is 0 Å². The van der Waals surface area contributed by atoms with E-state index in [9.17, 15) is 0 Å². The number of nitrogens with one attached hydrogen (secondary N) is 1. The molecule has 0 aliphatic heterocycles. The largest absolute Gasteiger partial charge is 0.250 e. The van der Waals surface area contributed by atoms with E-state index >= 15 is 0 Å². The van der Waals surface area contributed by atoms with Gasteiger partial charge in [-0.05, 0) is 19.3 Å². The van der Waals surface area contributed by atoms with Crippen molar-refractivity contribution in [3.63, 3.8) is 0 Å². The molecule has 2 heteroatoms. The summed E-state index contributed by atoms with van der Waals surface area (Å²) >= 11 is 0. The van der Waals surface area contributed by atoms with Crippen molar-refractivity contribution in [1.29, 1.82) is 0 Å².